The molecule has 1 nitrogen and oxygen atoms in total. The molecule has 0 spiro atoms. The number of hydrogen-bond acceptors (Lipinski definition) is 2. The summed E-state index contributed by atoms with van der Waals surface area (Å²) in [6.07, 6.45) is 0.607. The van der Waals surface area contributed by atoms with Crippen LogP contribution in [0.3, 0.4) is 0 Å². The highest BCUT2D eigenvalue weighted by molar-refractivity contribution is 7.10. The summed E-state index contributed by atoms with van der Waals surface area (Å²) < 4.78 is 0. The number of aliphatic hydroxyl groups is 1. The van der Waals surface area contributed by atoms with Crippen molar-refractivity contribution < 1.29 is 5.11 Å². The molecule has 0 radical (unpaired) electrons. The molecule has 0 aliphatic heterocycles. The molecule has 0 saturated carbocycles. The second-order valence-corrected chi connectivity index (χ2v) is 4.14. The number of aliphatic hydroxyl groups excluding tert-OH is 1. The van der Waals surface area contributed by atoms with Gasteiger partial charge in [-0.15, -0.1) is 11.3 Å². The van der Waals surface area contributed by atoms with E-state index in [9.17, 15) is 5.11 Å². The normalized spacial score (nSPS) is 13.8. The lowest BCUT2D eigenvalue weighted by Crippen LogP contribution is -1.99. The van der Waals surface area contributed by atoms with Gasteiger partial charge in [0.15, 0.2) is 0 Å². The minimum atomic E-state index is -0.255. The zero-order valence-corrected chi connectivity index (χ0v) is 7.77. The van der Waals surface area contributed by atoms with E-state index in [1.807, 2.05) is 17.5 Å². The van der Waals surface area contributed by atoms with Crippen molar-refractivity contribution in [2.45, 2.75) is 26.4 Å². The van der Waals surface area contributed by atoms with Gasteiger partial charge in [0.05, 0.1) is 6.10 Å². The van der Waals surface area contributed by atoms with Crippen molar-refractivity contribution in [3.63, 3.8) is 0 Å². The van der Waals surface area contributed by atoms with E-state index in [-0.39, 0.29) is 6.10 Å². The molecule has 11 heavy (non-hydrogen) atoms. The van der Waals surface area contributed by atoms with Crippen molar-refractivity contribution in [3.8, 4) is 0 Å². The van der Waals surface area contributed by atoms with Gasteiger partial charge in [-0.3, -0.25) is 0 Å². The first-order chi connectivity index (χ1) is 5.20. The van der Waals surface area contributed by atoms with Crippen molar-refractivity contribution in [1.82, 2.24) is 0 Å². The van der Waals surface area contributed by atoms with Gasteiger partial charge in [-0.2, -0.15) is 0 Å². The predicted molar refractivity (Wildman–Crippen MR) is 48.7 cm³/mol. The summed E-state index contributed by atoms with van der Waals surface area (Å²) in [5, 5.41) is 11.6. The van der Waals surface area contributed by atoms with E-state index >= 15 is 0 Å². The fourth-order valence-electron chi connectivity index (χ4n) is 1.04. The van der Waals surface area contributed by atoms with Crippen molar-refractivity contribution in [2.75, 3.05) is 0 Å². The van der Waals surface area contributed by atoms with Gasteiger partial charge in [0.1, 0.15) is 0 Å². The second-order valence-electron chi connectivity index (χ2n) is 3.16. The minimum absolute atomic E-state index is 0.255. The Morgan fingerprint density at radius 1 is 1.55 bits per heavy atom. The van der Waals surface area contributed by atoms with Crippen LogP contribution in [-0.2, 0) is 0 Å². The highest BCUT2D eigenvalue weighted by Crippen LogP contribution is 2.24. The molecule has 62 valence electrons. The molecule has 1 heterocycles. The SMILES string of the molecule is CC(C)C[C@H](O)c1cccs1. The third-order valence-electron chi connectivity index (χ3n) is 1.57. The van der Waals surface area contributed by atoms with E-state index in [0.29, 0.717) is 5.92 Å². The molecular weight excluding hydrogens is 156 g/mol. The monoisotopic (exact) mass is 170 g/mol. The van der Waals surface area contributed by atoms with E-state index in [4.69, 9.17) is 0 Å². The average Bonchev–Trinajstić information content (AvgIpc) is 2.35. The molecule has 0 unspecified atom stereocenters. The molecule has 2 heteroatoms. The molecule has 1 N–H and O–H groups in total. The predicted octanol–water partition coefficient (Wildman–Crippen LogP) is 2.83. The van der Waals surface area contributed by atoms with Gasteiger partial charge in [-0.1, -0.05) is 19.9 Å². The first kappa shape index (κ1) is 8.75. The van der Waals surface area contributed by atoms with Crippen LogP contribution in [0.4, 0.5) is 0 Å². The van der Waals surface area contributed by atoms with Crippen LogP contribution < -0.4 is 0 Å². The summed E-state index contributed by atoms with van der Waals surface area (Å²) >= 11 is 1.62. The standard InChI is InChI=1S/C9H14OS/c1-7(2)6-8(10)9-4-3-5-11-9/h3-5,7-8,10H,6H2,1-2H3/t8-/m0/s1. The highest BCUT2D eigenvalue weighted by atomic mass is 32.1. The minimum Gasteiger partial charge on any atom is -0.388 e. The van der Waals surface area contributed by atoms with Gasteiger partial charge in [0.25, 0.3) is 0 Å². The van der Waals surface area contributed by atoms with Crippen molar-refractivity contribution in [1.29, 1.82) is 0 Å². The molecule has 0 fully saturated rings. The Labute approximate surface area is 71.7 Å². The van der Waals surface area contributed by atoms with E-state index < -0.39 is 0 Å². The maximum atomic E-state index is 9.59. The van der Waals surface area contributed by atoms with Crippen LogP contribution in [0.1, 0.15) is 31.2 Å². The summed E-state index contributed by atoms with van der Waals surface area (Å²) in [5.74, 6) is 0.562. The summed E-state index contributed by atoms with van der Waals surface area (Å²) in [6, 6.07) is 3.96. The Morgan fingerprint density at radius 2 is 2.27 bits per heavy atom. The Kier molecular flexibility index (Phi) is 3.09. The maximum absolute atomic E-state index is 9.59. The molecule has 0 amide bonds. The van der Waals surface area contributed by atoms with Gasteiger partial charge in [0, 0.05) is 4.88 Å². The van der Waals surface area contributed by atoms with Crippen LogP contribution in [0.2, 0.25) is 0 Å². The first-order valence-corrected chi connectivity index (χ1v) is 4.79. The van der Waals surface area contributed by atoms with E-state index in [1.54, 1.807) is 11.3 Å². The maximum Gasteiger partial charge on any atom is 0.0884 e. The van der Waals surface area contributed by atoms with Crippen LogP contribution >= 0.6 is 11.3 Å². The average molecular weight is 170 g/mol. The lowest BCUT2D eigenvalue weighted by atomic mass is 10.1. The largest absolute Gasteiger partial charge is 0.388 e. The number of hydrogen-bond donors (Lipinski definition) is 1. The number of rotatable bonds is 3. The molecule has 0 saturated heterocycles. The third-order valence-corrected chi connectivity index (χ3v) is 2.54. The highest BCUT2D eigenvalue weighted by Gasteiger charge is 2.09. The Bertz CT molecular complexity index is 191. The lowest BCUT2D eigenvalue weighted by molar-refractivity contribution is 0.154. The molecule has 1 aromatic heterocycles. The van der Waals surface area contributed by atoms with Crippen LogP contribution in [0.15, 0.2) is 17.5 Å². The summed E-state index contributed by atoms with van der Waals surface area (Å²) in [7, 11) is 0. The van der Waals surface area contributed by atoms with E-state index in [2.05, 4.69) is 13.8 Å². The molecule has 0 aliphatic carbocycles. The quantitative estimate of drug-likeness (QED) is 0.739. The summed E-state index contributed by atoms with van der Waals surface area (Å²) in [4.78, 5) is 1.08. The second kappa shape index (κ2) is 3.88. The van der Waals surface area contributed by atoms with E-state index in [1.165, 1.54) is 0 Å². The number of thiophene rings is 1. The summed E-state index contributed by atoms with van der Waals surface area (Å²) in [5.41, 5.74) is 0. The smallest absolute Gasteiger partial charge is 0.0884 e. The van der Waals surface area contributed by atoms with Crippen LogP contribution in [0.5, 0.6) is 0 Å². The zero-order chi connectivity index (χ0) is 8.27. The van der Waals surface area contributed by atoms with Crippen molar-refractivity contribution in [3.05, 3.63) is 22.4 Å². The van der Waals surface area contributed by atoms with Crippen molar-refractivity contribution in [2.24, 2.45) is 5.92 Å². The van der Waals surface area contributed by atoms with Crippen LogP contribution in [0.25, 0.3) is 0 Å². The Hall–Kier alpha value is -0.340. The zero-order valence-electron chi connectivity index (χ0n) is 6.95. The van der Waals surface area contributed by atoms with Crippen molar-refractivity contribution >= 4 is 11.3 Å². The first-order valence-electron chi connectivity index (χ1n) is 3.91. The van der Waals surface area contributed by atoms with Gasteiger partial charge in [0.2, 0.25) is 0 Å². The van der Waals surface area contributed by atoms with E-state index in [0.717, 1.165) is 11.3 Å². The van der Waals surface area contributed by atoms with Gasteiger partial charge in [-0.05, 0) is 23.8 Å². The molecule has 1 aromatic rings. The van der Waals surface area contributed by atoms with Gasteiger partial charge < -0.3 is 5.11 Å². The fraction of sp³-hybridized carbons (Fsp3) is 0.556. The topological polar surface area (TPSA) is 20.2 Å². The third kappa shape index (κ3) is 2.64. The molecule has 0 aromatic carbocycles. The molecule has 1 atom stereocenters. The Morgan fingerprint density at radius 3 is 2.73 bits per heavy atom. The fourth-order valence-corrected chi connectivity index (χ4v) is 1.77. The lowest BCUT2D eigenvalue weighted by Gasteiger charge is -2.10. The molecule has 1 rings (SSSR count). The molecule has 0 aliphatic rings. The molecular formula is C9H14OS. The van der Waals surface area contributed by atoms with Crippen LogP contribution in [-0.4, -0.2) is 5.11 Å². The van der Waals surface area contributed by atoms with Gasteiger partial charge >= 0.3 is 0 Å². The van der Waals surface area contributed by atoms with Gasteiger partial charge in [-0.25, -0.2) is 0 Å². The van der Waals surface area contributed by atoms with Crippen LogP contribution in [0, 0.1) is 5.92 Å². The summed E-state index contributed by atoms with van der Waals surface area (Å²) in [6.45, 7) is 4.24. The molecule has 0 bridgehead atoms. The Balaban J connectivity index is 2.49.